The topological polar surface area (TPSA) is 86.1 Å². The van der Waals surface area contributed by atoms with E-state index < -0.39 is 5.25 Å². The molecule has 3 aromatic rings. The molecule has 2 atom stereocenters. The number of nitrogens with one attached hydrogen (secondary N) is 1. The summed E-state index contributed by atoms with van der Waals surface area (Å²) in [5, 5.41) is 15.5. The summed E-state index contributed by atoms with van der Waals surface area (Å²) in [6.45, 7) is 4.66. The molecule has 2 amide bonds. The van der Waals surface area contributed by atoms with Crippen LogP contribution in [-0.4, -0.2) is 39.6 Å². The van der Waals surface area contributed by atoms with Crippen LogP contribution < -0.4 is 9.64 Å². The van der Waals surface area contributed by atoms with E-state index in [1.54, 1.807) is 29.3 Å². The third kappa shape index (κ3) is 5.87. The van der Waals surface area contributed by atoms with E-state index in [4.69, 9.17) is 26.8 Å². The first-order valence-corrected chi connectivity index (χ1v) is 14.1. The maximum absolute atomic E-state index is 13.3. The van der Waals surface area contributed by atoms with Crippen LogP contribution in [-0.2, 0) is 9.59 Å². The highest BCUT2D eigenvalue weighted by atomic mass is 35.5. The summed E-state index contributed by atoms with van der Waals surface area (Å²) in [5.41, 5.74) is 4.48. The van der Waals surface area contributed by atoms with Crippen LogP contribution in [0.5, 0.6) is 5.75 Å². The largest absolute Gasteiger partial charge is 0.494 e. The van der Waals surface area contributed by atoms with Crippen LogP contribution in [0, 0.1) is 12.3 Å². The molecule has 9 heteroatoms. The number of thioether (sulfide) groups is 1. The number of carbonyl (C=O) groups excluding carboxylic acids is 2. The van der Waals surface area contributed by atoms with Crippen molar-refractivity contribution in [3.63, 3.8) is 0 Å². The Morgan fingerprint density at radius 2 is 1.72 bits per heavy atom. The van der Waals surface area contributed by atoms with Crippen molar-refractivity contribution in [3.8, 4) is 5.75 Å². The van der Waals surface area contributed by atoms with Gasteiger partial charge >= 0.3 is 0 Å². The molecular formula is C30H29ClN4O3S. The van der Waals surface area contributed by atoms with Crippen molar-refractivity contribution < 1.29 is 14.3 Å². The highest BCUT2D eigenvalue weighted by Crippen LogP contribution is 2.38. The molecule has 2 aliphatic rings. The van der Waals surface area contributed by atoms with Crippen molar-refractivity contribution in [2.45, 2.75) is 44.4 Å². The minimum atomic E-state index is -0.703. The maximum Gasteiger partial charge on any atom is 0.247 e. The van der Waals surface area contributed by atoms with Gasteiger partial charge in [-0.15, -0.1) is 0 Å². The number of anilines is 1. The van der Waals surface area contributed by atoms with E-state index in [1.165, 1.54) is 4.90 Å². The fourth-order valence-electron chi connectivity index (χ4n) is 4.63. The molecule has 0 spiro atoms. The minimum absolute atomic E-state index is 0.0218. The van der Waals surface area contributed by atoms with Crippen molar-refractivity contribution in [2.24, 2.45) is 5.10 Å². The Labute approximate surface area is 237 Å². The summed E-state index contributed by atoms with van der Waals surface area (Å²) < 4.78 is 5.61. The minimum Gasteiger partial charge on any atom is -0.494 e. The molecule has 1 N–H and O–H groups in total. The molecule has 7 nitrogen and oxygen atoms in total. The van der Waals surface area contributed by atoms with E-state index in [9.17, 15) is 9.59 Å². The van der Waals surface area contributed by atoms with Crippen LogP contribution in [0.2, 0.25) is 5.02 Å². The maximum atomic E-state index is 13.3. The van der Waals surface area contributed by atoms with E-state index >= 15 is 0 Å². The van der Waals surface area contributed by atoms with Crippen LogP contribution >= 0.6 is 23.4 Å². The van der Waals surface area contributed by atoms with Gasteiger partial charge in [-0.1, -0.05) is 72.2 Å². The molecule has 0 aliphatic carbocycles. The van der Waals surface area contributed by atoms with Crippen LogP contribution in [0.3, 0.4) is 0 Å². The lowest BCUT2D eigenvalue weighted by Gasteiger charge is -2.24. The first kappa shape index (κ1) is 27.0. The number of nitrogens with zero attached hydrogens (tertiary/aromatic N) is 3. The summed E-state index contributed by atoms with van der Waals surface area (Å²) in [4.78, 5) is 27.4. The molecule has 0 bridgehead atoms. The molecule has 3 aromatic carbocycles. The molecule has 200 valence electrons. The van der Waals surface area contributed by atoms with Crippen LogP contribution in [0.25, 0.3) is 0 Å². The molecule has 0 radical (unpaired) electrons. The van der Waals surface area contributed by atoms with Gasteiger partial charge < -0.3 is 4.74 Å². The van der Waals surface area contributed by atoms with Gasteiger partial charge in [0.2, 0.25) is 11.8 Å². The Morgan fingerprint density at radius 1 is 1.03 bits per heavy atom. The zero-order valence-corrected chi connectivity index (χ0v) is 23.3. The third-order valence-corrected chi connectivity index (χ3v) is 8.00. The highest BCUT2D eigenvalue weighted by molar-refractivity contribution is 8.14. The van der Waals surface area contributed by atoms with E-state index in [-0.39, 0.29) is 29.4 Å². The highest BCUT2D eigenvalue weighted by Gasteiger charge is 2.42. The number of benzene rings is 3. The molecule has 0 saturated carbocycles. The van der Waals surface area contributed by atoms with Crippen LogP contribution in [0.15, 0.2) is 77.9 Å². The number of ether oxygens (including phenoxy) is 1. The van der Waals surface area contributed by atoms with Gasteiger partial charge in [-0.25, -0.2) is 9.91 Å². The number of carbonyl (C=O) groups is 2. The number of amides is 2. The average molecular weight is 561 g/mol. The van der Waals surface area contributed by atoms with Gasteiger partial charge in [0, 0.05) is 17.9 Å². The van der Waals surface area contributed by atoms with Gasteiger partial charge in [-0.3, -0.25) is 15.0 Å². The molecule has 2 aliphatic heterocycles. The molecular weight excluding hydrogens is 532 g/mol. The lowest BCUT2D eigenvalue weighted by molar-refractivity contribution is -0.121. The fourth-order valence-corrected chi connectivity index (χ4v) is 5.73. The first-order valence-electron chi connectivity index (χ1n) is 12.9. The number of hydrogen-bond acceptors (Lipinski definition) is 6. The third-order valence-electron chi connectivity index (χ3n) is 6.68. The number of imide groups is 1. The molecule has 0 aromatic heterocycles. The predicted octanol–water partition coefficient (Wildman–Crippen LogP) is 6.59. The Balaban J connectivity index is 1.35. The molecule has 5 rings (SSSR count). The molecule has 39 heavy (non-hydrogen) atoms. The molecule has 2 unspecified atom stereocenters. The van der Waals surface area contributed by atoms with Crippen molar-refractivity contribution in [1.29, 1.82) is 5.41 Å². The Kier molecular flexibility index (Phi) is 8.04. The summed E-state index contributed by atoms with van der Waals surface area (Å²) in [5.74, 6) is 0.0749. The van der Waals surface area contributed by atoms with E-state index in [0.29, 0.717) is 29.5 Å². The number of halogens is 1. The van der Waals surface area contributed by atoms with E-state index in [0.717, 1.165) is 40.6 Å². The zero-order valence-electron chi connectivity index (χ0n) is 21.8. The van der Waals surface area contributed by atoms with Crippen molar-refractivity contribution in [2.75, 3.05) is 11.5 Å². The number of rotatable bonds is 7. The first-order chi connectivity index (χ1) is 18.8. The summed E-state index contributed by atoms with van der Waals surface area (Å²) in [6.07, 6.45) is 1.51. The van der Waals surface area contributed by atoms with Gasteiger partial charge in [0.1, 0.15) is 11.0 Å². The lowest BCUT2D eigenvalue weighted by atomic mass is 9.98. The molecule has 1 fully saturated rings. The molecule has 1 saturated heterocycles. The Morgan fingerprint density at radius 3 is 2.38 bits per heavy atom. The van der Waals surface area contributed by atoms with Crippen LogP contribution in [0.1, 0.15) is 48.9 Å². The van der Waals surface area contributed by atoms with Gasteiger partial charge in [0.05, 0.1) is 24.0 Å². The Hall–Kier alpha value is -3.62. The quantitative estimate of drug-likeness (QED) is 0.200. The average Bonchev–Trinajstić information content (AvgIpc) is 3.50. The van der Waals surface area contributed by atoms with Gasteiger partial charge in [0.15, 0.2) is 5.17 Å². The smallest absolute Gasteiger partial charge is 0.247 e. The summed E-state index contributed by atoms with van der Waals surface area (Å²) >= 11 is 7.19. The van der Waals surface area contributed by atoms with Gasteiger partial charge in [-0.2, -0.15) is 5.10 Å². The second kappa shape index (κ2) is 11.6. The van der Waals surface area contributed by atoms with E-state index in [2.05, 4.69) is 0 Å². The van der Waals surface area contributed by atoms with Crippen molar-refractivity contribution in [3.05, 3.63) is 94.5 Å². The fraction of sp³-hybridized carbons (Fsp3) is 0.267. The number of hydrogen-bond donors (Lipinski definition) is 1. The lowest BCUT2D eigenvalue weighted by Crippen LogP contribution is -2.32. The SMILES string of the molecule is CCCOc1ccc(N2C(=O)CC(SC(=N)N3N=C(c4ccc(C)cc4)CC3c3ccc(Cl)cc3)C2=O)cc1. The second-order valence-electron chi connectivity index (χ2n) is 9.55. The van der Waals surface area contributed by atoms with Crippen LogP contribution in [0.4, 0.5) is 5.69 Å². The van der Waals surface area contributed by atoms with Gasteiger partial charge in [-0.05, 0) is 60.9 Å². The second-order valence-corrected chi connectivity index (χ2v) is 11.2. The molecule has 2 heterocycles. The number of aryl methyl sites for hydroxylation is 1. The number of amidine groups is 1. The number of hydrazone groups is 1. The van der Waals surface area contributed by atoms with Crippen molar-refractivity contribution >= 4 is 51.7 Å². The zero-order chi connectivity index (χ0) is 27.5. The summed E-state index contributed by atoms with van der Waals surface area (Å²) in [7, 11) is 0. The van der Waals surface area contributed by atoms with Gasteiger partial charge in [0.25, 0.3) is 0 Å². The summed E-state index contributed by atoms with van der Waals surface area (Å²) in [6, 6.07) is 22.4. The monoisotopic (exact) mass is 560 g/mol. The van der Waals surface area contributed by atoms with E-state index in [1.807, 2.05) is 62.4 Å². The van der Waals surface area contributed by atoms with Crippen molar-refractivity contribution in [1.82, 2.24) is 5.01 Å². The Bertz CT molecular complexity index is 1410. The normalized spacial score (nSPS) is 19.0. The standard InChI is InChI=1S/C30H29ClN4O3S/c1-3-16-38-24-14-12-23(13-15-24)34-28(36)18-27(29(34)37)39-30(32)35-26(21-8-10-22(31)11-9-21)17-25(33-35)20-6-4-19(2)5-7-20/h4-15,26-27,32H,3,16-18H2,1-2H3. The predicted molar refractivity (Wildman–Crippen MR) is 157 cm³/mol.